The molecule has 0 aliphatic heterocycles. The molecule has 0 N–H and O–H groups in total. The van der Waals surface area contributed by atoms with Gasteiger partial charge in [0.15, 0.2) is 0 Å². The molecular formula is C10H9BN2. The van der Waals surface area contributed by atoms with E-state index in [4.69, 9.17) is 7.85 Å². The number of aryl methyl sites for hydroxylation is 2. The molecular weight excluding hydrogens is 159 g/mol. The SMILES string of the molecule is [B]c1cnc2cc(C)c(C)cc2n1. The van der Waals surface area contributed by atoms with E-state index in [-0.39, 0.29) is 0 Å². The van der Waals surface area contributed by atoms with Crippen LogP contribution in [0.25, 0.3) is 11.0 Å². The minimum atomic E-state index is 0.468. The zero-order chi connectivity index (χ0) is 9.42. The highest BCUT2D eigenvalue weighted by molar-refractivity contribution is 6.30. The molecule has 3 heteroatoms. The quantitative estimate of drug-likeness (QED) is 0.549. The Morgan fingerprint density at radius 3 is 2.38 bits per heavy atom. The summed E-state index contributed by atoms with van der Waals surface area (Å²) in [5, 5.41) is 0. The summed E-state index contributed by atoms with van der Waals surface area (Å²) in [6.45, 7) is 4.12. The zero-order valence-corrected chi connectivity index (χ0v) is 7.70. The van der Waals surface area contributed by atoms with E-state index in [0.29, 0.717) is 5.59 Å². The number of nitrogens with zero attached hydrogens (tertiary/aromatic N) is 2. The standard InChI is InChI=1S/C10H9BN2/c1-6-3-8-9(4-7(6)2)13-10(11)5-12-8/h3-5H,1-2H3. The van der Waals surface area contributed by atoms with Crippen LogP contribution in [0.3, 0.4) is 0 Å². The third kappa shape index (κ3) is 1.42. The minimum absolute atomic E-state index is 0.468. The van der Waals surface area contributed by atoms with Gasteiger partial charge >= 0.3 is 0 Å². The Labute approximate surface area is 78.4 Å². The second kappa shape index (κ2) is 2.84. The van der Waals surface area contributed by atoms with Crippen LogP contribution in [0.5, 0.6) is 0 Å². The Bertz CT molecular complexity index is 466. The van der Waals surface area contributed by atoms with Gasteiger partial charge in [0.2, 0.25) is 0 Å². The molecule has 0 amide bonds. The van der Waals surface area contributed by atoms with Gasteiger partial charge in [0, 0.05) is 11.8 Å². The van der Waals surface area contributed by atoms with Crippen LogP contribution in [0, 0.1) is 13.8 Å². The first kappa shape index (κ1) is 8.23. The number of hydrogen-bond acceptors (Lipinski definition) is 2. The predicted molar refractivity (Wildman–Crippen MR) is 54.4 cm³/mol. The Kier molecular flexibility index (Phi) is 1.80. The highest BCUT2D eigenvalue weighted by Crippen LogP contribution is 2.13. The van der Waals surface area contributed by atoms with Crippen LogP contribution >= 0.6 is 0 Å². The first-order chi connectivity index (χ1) is 6.16. The van der Waals surface area contributed by atoms with Crippen molar-refractivity contribution in [3.05, 3.63) is 29.5 Å². The van der Waals surface area contributed by atoms with Gasteiger partial charge in [-0.15, -0.1) is 0 Å². The monoisotopic (exact) mass is 168 g/mol. The average molecular weight is 168 g/mol. The number of rotatable bonds is 0. The molecule has 0 bridgehead atoms. The van der Waals surface area contributed by atoms with Crippen molar-refractivity contribution in [3.63, 3.8) is 0 Å². The fourth-order valence-corrected chi connectivity index (χ4v) is 1.28. The van der Waals surface area contributed by atoms with Crippen molar-refractivity contribution in [2.45, 2.75) is 13.8 Å². The van der Waals surface area contributed by atoms with Crippen LogP contribution in [0.2, 0.25) is 0 Å². The van der Waals surface area contributed by atoms with Gasteiger partial charge in [-0.1, -0.05) is 0 Å². The zero-order valence-electron chi connectivity index (χ0n) is 7.70. The van der Waals surface area contributed by atoms with Crippen LogP contribution in [0.15, 0.2) is 18.3 Å². The first-order valence-corrected chi connectivity index (χ1v) is 4.16. The van der Waals surface area contributed by atoms with Gasteiger partial charge < -0.3 is 0 Å². The topological polar surface area (TPSA) is 25.8 Å². The van der Waals surface area contributed by atoms with Crippen molar-refractivity contribution in [1.82, 2.24) is 9.97 Å². The lowest BCUT2D eigenvalue weighted by Crippen LogP contribution is -2.08. The normalized spacial score (nSPS) is 10.6. The van der Waals surface area contributed by atoms with Crippen LogP contribution in [-0.4, -0.2) is 17.8 Å². The van der Waals surface area contributed by atoms with Crippen LogP contribution in [0.4, 0.5) is 0 Å². The molecule has 1 aromatic heterocycles. The van der Waals surface area contributed by atoms with Gasteiger partial charge in [-0.3, -0.25) is 9.97 Å². The predicted octanol–water partition coefficient (Wildman–Crippen LogP) is 1.04. The molecule has 13 heavy (non-hydrogen) atoms. The lowest BCUT2D eigenvalue weighted by atomic mass is 10.0. The van der Waals surface area contributed by atoms with Gasteiger partial charge in [-0.05, 0) is 37.1 Å². The summed E-state index contributed by atoms with van der Waals surface area (Å²) in [6.07, 6.45) is 1.58. The first-order valence-electron chi connectivity index (χ1n) is 4.16. The fourth-order valence-electron chi connectivity index (χ4n) is 1.28. The molecule has 62 valence electrons. The van der Waals surface area contributed by atoms with Gasteiger partial charge in [-0.2, -0.15) is 0 Å². The van der Waals surface area contributed by atoms with Gasteiger partial charge in [-0.25, -0.2) is 0 Å². The smallest absolute Gasteiger partial charge is 0.143 e. The maximum Gasteiger partial charge on any atom is 0.143 e. The third-order valence-corrected chi connectivity index (χ3v) is 2.18. The molecule has 1 aromatic carbocycles. The number of aromatic nitrogens is 2. The van der Waals surface area contributed by atoms with E-state index in [2.05, 4.69) is 23.8 Å². The Balaban J connectivity index is 2.81. The number of hydrogen-bond donors (Lipinski definition) is 0. The second-order valence-corrected chi connectivity index (χ2v) is 3.22. The van der Waals surface area contributed by atoms with Crippen molar-refractivity contribution in [1.29, 1.82) is 0 Å². The van der Waals surface area contributed by atoms with E-state index >= 15 is 0 Å². The highest BCUT2D eigenvalue weighted by atomic mass is 14.8. The van der Waals surface area contributed by atoms with Crippen molar-refractivity contribution in [2.75, 3.05) is 0 Å². The lowest BCUT2D eigenvalue weighted by Gasteiger charge is -2.02. The lowest BCUT2D eigenvalue weighted by molar-refractivity contribution is 1.29. The van der Waals surface area contributed by atoms with E-state index in [1.807, 2.05) is 12.1 Å². The summed E-state index contributed by atoms with van der Waals surface area (Å²) < 4.78 is 0. The Hall–Kier alpha value is -1.38. The average Bonchev–Trinajstić information content (AvgIpc) is 2.08. The number of benzene rings is 1. The molecule has 0 spiro atoms. The summed E-state index contributed by atoms with van der Waals surface area (Å²) in [6, 6.07) is 4.03. The van der Waals surface area contributed by atoms with E-state index in [0.717, 1.165) is 11.0 Å². The van der Waals surface area contributed by atoms with Gasteiger partial charge in [0.1, 0.15) is 7.85 Å². The molecule has 0 saturated carbocycles. The summed E-state index contributed by atoms with van der Waals surface area (Å²) in [7, 11) is 5.54. The fraction of sp³-hybridized carbons (Fsp3) is 0.200. The van der Waals surface area contributed by atoms with Crippen LogP contribution in [-0.2, 0) is 0 Å². The molecule has 2 radical (unpaired) electrons. The summed E-state index contributed by atoms with van der Waals surface area (Å²) in [5.41, 5.74) is 4.68. The summed E-state index contributed by atoms with van der Waals surface area (Å²) in [5.74, 6) is 0. The largest absolute Gasteiger partial charge is 0.261 e. The molecule has 1 heterocycles. The molecule has 0 aliphatic carbocycles. The van der Waals surface area contributed by atoms with Crippen LogP contribution in [0.1, 0.15) is 11.1 Å². The minimum Gasteiger partial charge on any atom is -0.261 e. The molecule has 0 saturated heterocycles. The molecule has 0 aliphatic rings. The van der Waals surface area contributed by atoms with E-state index in [1.165, 1.54) is 11.1 Å². The van der Waals surface area contributed by atoms with Crippen molar-refractivity contribution in [2.24, 2.45) is 0 Å². The Morgan fingerprint density at radius 2 is 1.69 bits per heavy atom. The van der Waals surface area contributed by atoms with E-state index in [9.17, 15) is 0 Å². The second-order valence-electron chi connectivity index (χ2n) is 3.22. The summed E-state index contributed by atoms with van der Waals surface area (Å²) in [4.78, 5) is 8.39. The molecule has 2 rings (SSSR count). The van der Waals surface area contributed by atoms with Crippen molar-refractivity contribution >= 4 is 24.5 Å². The van der Waals surface area contributed by atoms with Gasteiger partial charge in [0.25, 0.3) is 0 Å². The Morgan fingerprint density at radius 1 is 1.08 bits per heavy atom. The third-order valence-electron chi connectivity index (χ3n) is 2.18. The summed E-state index contributed by atoms with van der Waals surface area (Å²) >= 11 is 0. The highest BCUT2D eigenvalue weighted by Gasteiger charge is 1.99. The van der Waals surface area contributed by atoms with Crippen molar-refractivity contribution < 1.29 is 0 Å². The van der Waals surface area contributed by atoms with E-state index < -0.39 is 0 Å². The maximum absolute atomic E-state index is 5.54. The molecule has 2 nitrogen and oxygen atoms in total. The molecule has 0 atom stereocenters. The van der Waals surface area contributed by atoms with Crippen LogP contribution < -0.4 is 5.59 Å². The molecule has 2 aromatic rings. The molecule has 0 unspecified atom stereocenters. The van der Waals surface area contributed by atoms with Crippen molar-refractivity contribution in [3.8, 4) is 0 Å². The van der Waals surface area contributed by atoms with E-state index in [1.54, 1.807) is 6.20 Å². The number of fused-ring (bicyclic) bond motifs is 1. The van der Waals surface area contributed by atoms with Gasteiger partial charge in [0.05, 0.1) is 11.0 Å². The molecule has 0 fully saturated rings. The maximum atomic E-state index is 5.54.